The van der Waals surface area contributed by atoms with Crippen molar-refractivity contribution in [1.29, 1.82) is 0 Å². The Morgan fingerprint density at radius 1 is 1.00 bits per heavy atom. The van der Waals surface area contributed by atoms with Gasteiger partial charge in [0.15, 0.2) is 0 Å². The molecule has 4 heteroatoms. The number of amides is 1. The molecule has 0 aliphatic heterocycles. The molecule has 24 heavy (non-hydrogen) atoms. The maximum atomic E-state index is 12.1. The molecule has 4 nitrogen and oxygen atoms in total. The molecular formula is C20H19N3O. The van der Waals surface area contributed by atoms with Crippen molar-refractivity contribution in [2.75, 3.05) is 0 Å². The number of hydrogen-bond acceptors (Lipinski definition) is 3. The molecule has 3 rings (SSSR count). The Morgan fingerprint density at radius 3 is 2.62 bits per heavy atom. The third-order valence-electron chi connectivity index (χ3n) is 3.75. The van der Waals surface area contributed by atoms with Gasteiger partial charge in [0.25, 0.3) is 0 Å². The van der Waals surface area contributed by atoms with Gasteiger partial charge in [-0.25, -0.2) is 0 Å². The van der Waals surface area contributed by atoms with Crippen LogP contribution in [-0.4, -0.2) is 15.9 Å². The average molecular weight is 317 g/mol. The van der Waals surface area contributed by atoms with Crippen LogP contribution >= 0.6 is 0 Å². The van der Waals surface area contributed by atoms with Gasteiger partial charge in [0, 0.05) is 30.8 Å². The van der Waals surface area contributed by atoms with Gasteiger partial charge in [0.1, 0.15) is 0 Å². The molecule has 1 amide bonds. The van der Waals surface area contributed by atoms with Gasteiger partial charge >= 0.3 is 0 Å². The Hall–Kier alpha value is -3.01. The van der Waals surface area contributed by atoms with Crippen molar-refractivity contribution in [1.82, 2.24) is 15.3 Å². The molecule has 120 valence electrons. The van der Waals surface area contributed by atoms with Crippen LogP contribution in [0.2, 0.25) is 0 Å². The number of carbonyl (C=O) groups excluding carboxylic acids is 1. The number of benzene rings is 1. The van der Waals surface area contributed by atoms with Crippen LogP contribution in [0.15, 0.2) is 67.1 Å². The summed E-state index contributed by atoms with van der Waals surface area (Å²) in [5.41, 5.74) is 5.09. The zero-order chi connectivity index (χ0) is 16.8. The summed E-state index contributed by atoms with van der Waals surface area (Å²) in [6, 6.07) is 15.9. The summed E-state index contributed by atoms with van der Waals surface area (Å²) in [4.78, 5) is 20.4. The zero-order valence-electron chi connectivity index (χ0n) is 13.6. The van der Waals surface area contributed by atoms with Gasteiger partial charge in [0.05, 0.1) is 6.42 Å². The molecule has 0 bridgehead atoms. The smallest absolute Gasteiger partial charge is 0.224 e. The number of pyridine rings is 2. The van der Waals surface area contributed by atoms with E-state index in [4.69, 9.17) is 0 Å². The van der Waals surface area contributed by atoms with Crippen molar-refractivity contribution < 1.29 is 4.79 Å². The third kappa shape index (κ3) is 4.26. The lowest BCUT2D eigenvalue weighted by Crippen LogP contribution is -2.24. The molecule has 0 fully saturated rings. The first-order chi connectivity index (χ1) is 11.7. The maximum absolute atomic E-state index is 12.1. The number of nitrogens with one attached hydrogen (secondary N) is 1. The number of carbonyl (C=O) groups is 1. The van der Waals surface area contributed by atoms with E-state index in [0.29, 0.717) is 13.0 Å². The molecule has 0 radical (unpaired) electrons. The summed E-state index contributed by atoms with van der Waals surface area (Å²) >= 11 is 0. The predicted molar refractivity (Wildman–Crippen MR) is 94.2 cm³/mol. The zero-order valence-corrected chi connectivity index (χ0v) is 13.6. The van der Waals surface area contributed by atoms with E-state index in [-0.39, 0.29) is 5.91 Å². The normalized spacial score (nSPS) is 10.4. The molecule has 2 heterocycles. The van der Waals surface area contributed by atoms with Crippen LogP contribution in [0, 0.1) is 6.92 Å². The molecule has 1 aromatic carbocycles. The molecule has 1 N–H and O–H groups in total. The van der Waals surface area contributed by atoms with Gasteiger partial charge in [-0.1, -0.05) is 30.3 Å². The third-order valence-corrected chi connectivity index (χ3v) is 3.75. The highest BCUT2D eigenvalue weighted by Crippen LogP contribution is 2.19. The van der Waals surface area contributed by atoms with Gasteiger partial charge < -0.3 is 5.32 Å². The van der Waals surface area contributed by atoms with Crippen LogP contribution in [-0.2, 0) is 17.8 Å². The molecule has 0 spiro atoms. The van der Waals surface area contributed by atoms with Crippen LogP contribution in [0.1, 0.15) is 16.8 Å². The molecule has 0 saturated heterocycles. The van der Waals surface area contributed by atoms with Crippen LogP contribution < -0.4 is 5.32 Å². The minimum atomic E-state index is -0.00701. The Morgan fingerprint density at radius 2 is 1.88 bits per heavy atom. The monoisotopic (exact) mass is 317 g/mol. The second kappa shape index (κ2) is 7.51. The molecular weight excluding hydrogens is 298 g/mol. The molecule has 2 aromatic heterocycles. The second-order valence-electron chi connectivity index (χ2n) is 5.70. The van der Waals surface area contributed by atoms with Crippen molar-refractivity contribution in [3.05, 3.63) is 83.9 Å². The van der Waals surface area contributed by atoms with E-state index in [1.54, 1.807) is 12.4 Å². The summed E-state index contributed by atoms with van der Waals surface area (Å²) < 4.78 is 0. The lowest BCUT2D eigenvalue weighted by Gasteiger charge is -2.08. The summed E-state index contributed by atoms with van der Waals surface area (Å²) in [6.45, 7) is 2.44. The summed E-state index contributed by atoms with van der Waals surface area (Å²) in [5, 5.41) is 2.96. The number of rotatable bonds is 5. The highest BCUT2D eigenvalue weighted by Gasteiger charge is 2.05. The van der Waals surface area contributed by atoms with E-state index in [2.05, 4.69) is 21.4 Å². The number of aromatic nitrogens is 2. The number of aryl methyl sites for hydroxylation is 1. The molecule has 0 saturated carbocycles. The highest BCUT2D eigenvalue weighted by atomic mass is 16.1. The van der Waals surface area contributed by atoms with E-state index in [1.165, 1.54) is 0 Å². The van der Waals surface area contributed by atoms with E-state index >= 15 is 0 Å². The van der Waals surface area contributed by atoms with Crippen molar-refractivity contribution in [3.63, 3.8) is 0 Å². The van der Waals surface area contributed by atoms with Crippen molar-refractivity contribution >= 4 is 5.91 Å². The van der Waals surface area contributed by atoms with Gasteiger partial charge in [-0.05, 0) is 47.4 Å². The standard InChI is InChI=1S/C20H19N3O/c1-15-7-8-17(12-22-15)11-20(24)23-13-16-4-2-5-18(10-16)19-6-3-9-21-14-19/h2-10,12,14H,11,13H2,1H3,(H,23,24). The Kier molecular flexibility index (Phi) is 4.96. The maximum Gasteiger partial charge on any atom is 0.224 e. The number of hydrogen-bond donors (Lipinski definition) is 1. The summed E-state index contributed by atoms with van der Waals surface area (Å²) in [6.07, 6.45) is 5.68. The lowest BCUT2D eigenvalue weighted by atomic mass is 10.0. The van der Waals surface area contributed by atoms with E-state index in [9.17, 15) is 4.79 Å². The molecule has 0 unspecified atom stereocenters. The van der Waals surface area contributed by atoms with Crippen molar-refractivity contribution in [3.8, 4) is 11.1 Å². The fourth-order valence-corrected chi connectivity index (χ4v) is 2.45. The van der Waals surface area contributed by atoms with Crippen LogP contribution in [0.3, 0.4) is 0 Å². The largest absolute Gasteiger partial charge is 0.352 e. The lowest BCUT2D eigenvalue weighted by molar-refractivity contribution is -0.120. The average Bonchev–Trinajstić information content (AvgIpc) is 2.63. The first-order valence-corrected chi connectivity index (χ1v) is 7.88. The van der Waals surface area contributed by atoms with Gasteiger partial charge in [-0.2, -0.15) is 0 Å². The molecule has 3 aromatic rings. The summed E-state index contributed by atoms with van der Waals surface area (Å²) in [5.74, 6) is -0.00701. The van der Waals surface area contributed by atoms with Crippen LogP contribution in [0.4, 0.5) is 0 Å². The predicted octanol–water partition coefficient (Wildman–Crippen LogP) is 3.31. The van der Waals surface area contributed by atoms with Gasteiger partial charge in [0.2, 0.25) is 5.91 Å². The SMILES string of the molecule is Cc1ccc(CC(=O)NCc2cccc(-c3cccnc3)c2)cn1. The molecule has 0 atom stereocenters. The second-order valence-corrected chi connectivity index (χ2v) is 5.70. The van der Waals surface area contributed by atoms with Crippen molar-refractivity contribution in [2.24, 2.45) is 0 Å². The highest BCUT2D eigenvalue weighted by molar-refractivity contribution is 5.78. The van der Waals surface area contributed by atoms with Crippen LogP contribution in [0.5, 0.6) is 0 Å². The van der Waals surface area contributed by atoms with Gasteiger partial charge in [-0.3, -0.25) is 14.8 Å². The fourth-order valence-electron chi connectivity index (χ4n) is 2.45. The minimum Gasteiger partial charge on any atom is -0.352 e. The minimum absolute atomic E-state index is 0.00701. The fraction of sp³-hybridized carbons (Fsp3) is 0.150. The Balaban J connectivity index is 1.60. The van der Waals surface area contributed by atoms with E-state index in [0.717, 1.165) is 27.9 Å². The topological polar surface area (TPSA) is 54.9 Å². The molecule has 0 aliphatic rings. The summed E-state index contributed by atoms with van der Waals surface area (Å²) in [7, 11) is 0. The Bertz CT molecular complexity index is 814. The van der Waals surface area contributed by atoms with Crippen LogP contribution in [0.25, 0.3) is 11.1 Å². The quantitative estimate of drug-likeness (QED) is 0.785. The van der Waals surface area contributed by atoms with E-state index < -0.39 is 0 Å². The first kappa shape index (κ1) is 15.9. The van der Waals surface area contributed by atoms with Crippen molar-refractivity contribution in [2.45, 2.75) is 19.9 Å². The van der Waals surface area contributed by atoms with E-state index in [1.807, 2.05) is 55.6 Å². The molecule has 0 aliphatic carbocycles. The van der Waals surface area contributed by atoms with Gasteiger partial charge in [-0.15, -0.1) is 0 Å². The number of nitrogens with zero attached hydrogens (tertiary/aromatic N) is 2. The first-order valence-electron chi connectivity index (χ1n) is 7.88. The Labute approximate surface area is 141 Å².